The van der Waals surface area contributed by atoms with Crippen molar-refractivity contribution in [3.63, 3.8) is 0 Å². The Hall–Kier alpha value is -2.93. The van der Waals surface area contributed by atoms with Gasteiger partial charge in [-0.3, -0.25) is 14.4 Å². The first kappa shape index (κ1) is 17.4. The van der Waals surface area contributed by atoms with E-state index in [0.717, 1.165) is 16.3 Å². The highest BCUT2D eigenvalue weighted by atomic mass is 16.2. The number of hydrogen-bond donors (Lipinski definition) is 4. The Morgan fingerprint density at radius 3 is 2.33 bits per heavy atom. The van der Waals surface area contributed by atoms with Gasteiger partial charge < -0.3 is 22.5 Å². The lowest BCUT2D eigenvalue weighted by atomic mass is 9.98. The van der Waals surface area contributed by atoms with Crippen LogP contribution in [0.15, 0.2) is 42.5 Å². The fourth-order valence-electron chi connectivity index (χ4n) is 2.50. The van der Waals surface area contributed by atoms with Crippen LogP contribution in [-0.2, 0) is 20.8 Å². The molecule has 2 aromatic rings. The molecule has 0 fully saturated rings. The number of carbonyl (C=O) groups is 3. The molecule has 2 atom stereocenters. The fraction of sp³-hybridized carbons (Fsp3) is 0.235. The summed E-state index contributed by atoms with van der Waals surface area (Å²) < 4.78 is 0. The second-order valence-electron chi connectivity index (χ2n) is 5.58. The Morgan fingerprint density at radius 1 is 1.00 bits per heavy atom. The van der Waals surface area contributed by atoms with Crippen molar-refractivity contribution in [2.45, 2.75) is 24.9 Å². The summed E-state index contributed by atoms with van der Waals surface area (Å²) in [7, 11) is 0. The molecule has 0 aromatic heterocycles. The van der Waals surface area contributed by atoms with Gasteiger partial charge in [-0.15, -0.1) is 0 Å². The second kappa shape index (κ2) is 7.56. The highest BCUT2D eigenvalue weighted by Gasteiger charge is 2.23. The molecule has 0 aliphatic carbocycles. The molecule has 2 rings (SSSR count). The number of amides is 3. The minimum Gasteiger partial charge on any atom is -0.370 e. The third kappa shape index (κ3) is 4.30. The number of benzene rings is 2. The van der Waals surface area contributed by atoms with E-state index in [2.05, 4.69) is 5.32 Å². The van der Waals surface area contributed by atoms with Crippen LogP contribution in [0, 0.1) is 0 Å². The summed E-state index contributed by atoms with van der Waals surface area (Å²) in [5.41, 5.74) is 17.1. The number of rotatable bonds is 7. The Balaban J connectivity index is 2.10. The molecule has 0 aliphatic rings. The molecule has 0 unspecified atom stereocenters. The van der Waals surface area contributed by atoms with Gasteiger partial charge >= 0.3 is 0 Å². The zero-order valence-electron chi connectivity index (χ0n) is 13.1. The Bertz CT molecular complexity index is 770. The number of nitrogens with one attached hydrogen (secondary N) is 1. The van der Waals surface area contributed by atoms with Crippen LogP contribution in [0.2, 0.25) is 0 Å². The maximum atomic E-state index is 12.2. The smallest absolute Gasteiger partial charge is 0.240 e. The Morgan fingerprint density at radius 2 is 1.67 bits per heavy atom. The SMILES string of the molecule is NC(=O)C[C@@H](NC(=O)[C@@H](N)Cc1cccc2ccccc12)C(N)=O. The molecule has 0 heterocycles. The Kier molecular flexibility index (Phi) is 5.49. The molecule has 24 heavy (non-hydrogen) atoms. The summed E-state index contributed by atoms with van der Waals surface area (Å²) in [5.74, 6) is -2.13. The van der Waals surface area contributed by atoms with Gasteiger partial charge in [0.2, 0.25) is 17.7 Å². The largest absolute Gasteiger partial charge is 0.370 e. The van der Waals surface area contributed by atoms with E-state index in [-0.39, 0.29) is 12.8 Å². The number of nitrogens with two attached hydrogens (primary N) is 3. The molecule has 0 spiro atoms. The van der Waals surface area contributed by atoms with E-state index in [1.165, 1.54) is 0 Å². The summed E-state index contributed by atoms with van der Waals surface area (Å²) in [6.45, 7) is 0. The fourth-order valence-corrected chi connectivity index (χ4v) is 2.50. The maximum absolute atomic E-state index is 12.2. The summed E-state index contributed by atoms with van der Waals surface area (Å²) in [6.07, 6.45) is -0.0721. The van der Waals surface area contributed by atoms with Crippen LogP contribution < -0.4 is 22.5 Å². The van der Waals surface area contributed by atoms with Gasteiger partial charge in [-0.2, -0.15) is 0 Å². The van der Waals surface area contributed by atoms with Gasteiger partial charge in [0.25, 0.3) is 0 Å². The second-order valence-corrected chi connectivity index (χ2v) is 5.58. The van der Waals surface area contributed by atoms with E-state index in [4.69, 9.17) is 17.2 Å². The quantitative estimate of drug-likeness (QED) is 0.546. The van der Waals surface area contributed by atoms with Crippen molar-refractivity contribution in [3.05, 3.63) is 48.0 Å². The molecule has 0 bridgehead atoms. The van der Waals surface area contributed by atoms with Crippen LogP contribution in [0.3, 0.4) is 0 Å². The number of primary amides is 2. The molecule has 7 heteroatoms. The monoisotopic (exact) mass is 328 g/mol. The van der Waals surface area contributed by atoms with Crippen molar-refractivity contribution in [1.82, 2.24) is 5.32 Å². The van der Waals surface area contributed by atoms with Crippen LogP contribution in [-0.4, -0.2) is 29.8 Å². The first-order valence-corrected chi connectivity index (χ1v) is 7.48. The molecule has 0 saturated carbocycles. The van der Waals surface area contributed by atoms with Crippen molar-refractivity contribution in [2.75, 3.05) is 0 Å². The predicted octanol–water partition coefficient (Wildman–Crippen LogP) is -0.445. The summed E-state index contributed by atoms with van der Waals surface area (Å²) in [6, 6.07) is 11.5. The van der Waals surface area contributed by atoms with Gasteiger partial charge in [-0.05, 0) is 22.8 Å². The van der Waals surface area contributed by atoms with Gasteiger partial charge in [-0.1, -0.05) is 42.5 Å². The number of hydrogen-bond acceptors (Lipinski definition) is 4. The third-order valence-corrected chi connectivity index (χ3v) is 3.72. The molecular weight excluding hydrogens is 308 g/mol. The lowest BCUT2D eigenvalue weighted by Gasteiger charge is -2.18. The molecule has 7 nitrogen and oxygen atoms in total. The minimum absolute atomic E-state index is 0.287. The molecule has 0 aliphatic heterocycles. The van der Waals surface area contributed by atoms with Gasteiger partial charge in [0.15, 0.2) is 0 Å². The summed E-state index contributed by atoms with van der Waals surface area (Å²) >= 11 is 0. The molecule has 7 N–H and O–H groups in total. The predicted molar refractivity (Wildman–Crippen MR) is 90.6 cm³/mol. The zero-order valence-corrected chi connectivity index (χ0v) is 13.1. The van der Waals surface area contributed by atoms with Crippen LogP contribution in [0.5, 0.6) is 0 Å². The van der Waals surface area contributed by atoms with E-state index < -0.39 is 29.8 Å². The van der Waals surface area contributed by atoms with Crippen molar-refractivity contribution >= 4 is 28.5 Å². The van der Waals surface area contributed by atoms with Crippen LogP contribution in [0.4, 0.5) is 0 Å². The average molecular weight is 328 g/mol. The van der Waals surface area contributed by atoms with Gasteiger partial charge in [0.05, 0.1) is 12.5 Å². The van der Waals surface area contributed by atoms with E-state index in [1.807, 2.05) is 42.5 Å². The molecule has 126 valence electrons. The molecule has 0 radical (unpaired) electrons. The summed E-state index contributed by atoms with van der Waals surface area (Å²) in [4.78, 5) is 34.4. The van der Waals surface area contributed by atoms with Crippen LogP contribution in [0.1, 0.15) is 12.0 Å². The third-order valence-electron chi connectivity index (χ3n) is 3.72. The molecule has 2 aromatic carbocycles. The van der Waals surface area contributed by atoms with Gasteiger partial charge in [0, 0.05) is 0 Å². The Labute approximate surface area is 139 Å². The molecular formula is C17H20N4O3. The van der Waals surface area contributed by atoms with Crippen LogP contribution in [0.25, 0.3) is 10.8 Å². The normalized spacial score (nSPS) is 13.2. The first-order chi connectivity index (χ1) is 11.4. The topological polar surface area (TPSA) is 141 Å². The maximum Gasteiger partial charge on any atom is 0.240 e. The lowest BCUT2D eigenvalue weighted by Crippen LogP contribution is -2.52. The van der Waals surface area contributed by atoms with Crippen molar-refractivity contribution in [1.29, 1.82) is 0 Å². The van der Waals surface area contributed by atoms with Gasteiger partial charge in [-0.25, -0.2) is 0 Å². The van der Waals surface area contributed by atoms with Gasteiger partial charge in [0.1, 0.15) is 6.04 Å². The number of carbonyl (C=O) groups excluding carboxylic acids is 3. The highest BCUT2D eigenvalue weighted by molar-refractivity contribution is 5.93. The number of fused-ring (bicyclic) bond motifs is 1. The summed E-state index contributed by atoms with van der Waals surface area (Å²) in [5, 5.41) is 4.43. The molecule has 0 saturated heterocycles. The van der Waals surface area contributed by atoms with E-state index in [9.17, 15) is 14.4 Å². The minimum atomic E-state index is -1.16. The van der Waals surface area contributed by atoms with E-state index in [0.29, 0.717) is 0 Å². The molecule has 3 amide bonds. The van der Waals surface area contributed by atoms with E-state index >= 15 is 0 Å². The van der Waals surface area contributed by atoms with Crippen LogP contribution >= 0.6 is 0 Å². The lowest BCUT2D eigenvalue weighted by molar-refractivity contribution is -0.130. The zero-order chi connectivity index (χ0) is 17.7. The van der Waals surface area contributed by atoms with E-state index in [1.54, 1.807) is 0 Å². The highest BCUT2D eigenvalue weighted by Crippen LogP contribution is 2.19. The van der Waals surface area contributed by atoms with Crippen molar-refractivity contribution in [3.8, 4) is 0 Å². The standard InChI is InChI=1S/C17H20N4O3/c18-13(17(24)21-14(16(20)23)9-15(19)22)8-11-6-3-5-10-4-1-2-7-12(10)11/h1-7,13-14H,8-9,18H2,(H2,19,22)(H2,20,23)(H,21,24)/t13-,14+/m0/s1. The average Bonchev–Trinajstić information content (AvgIpc) is 2.54. The van der Waals surface area contributed by atoms with Crippen molar-refractivity contribution in [2.24, 2.45) is 17.2 Å². The first-order valence-electron chi connectivity index (χ1n) is 7.48. The van der Waals surface area contributed by atoms with Crippen molar-refractivity contribution < 1.29 is 14.4 Å².